The highest BCUT2D eigenvalue weighted by Crippen LogP contribution is 2.70. The molecule has 2 saturated heterocycles. The van der Waals surface area contributed by atoms with Gasteiger partial charge in [-0.3, -0.25) is 5.32 Å². The number of aliphatic hydroxyl groups excluding tert-OH is 1. The molecule has 0 bridgehead atoms. The highest BCUT2D eigenvalue weighted by molar-refractivity contribution is 5.26. The summed E-state index contributed by atoms with van der Waals surface area (Å²) in [5, 5.41) is 14.1. The number of hydrogen-bond acceptors (Lipinski definition) is 3. The second-order valence-electron chi connectivity index (χ2n) is 12.8. The zero-order valence-corrected chi connectivity index (χ0v) is 19.6. The van der Waals surface area contributed by atoms with Crippen LogP contribution >= 0.6 is 0 Å². The van der Waals surface area contributed by atoms with Gasteiger partial charge in [0.25, 0.3) is 0 Å². The number of piperidine rings is 1. The summed E-state index contributed by atoms with van der Waals surface area (Å²) in [6.45, 7) is 11.2. The summed E-state index contributed by atoms with van der Waals surface area (Å²) in [6.07, 6.45) is 13.8. The van der Waals surface area contributed by atoms with Crippen molar-refractivity contribution >= 4 is 0 Å². The molecule has 0 aromatic rings. The van der Waals surface area contributed by atoms with Crippen molar-refractivity contribution in [3.05, 3.63) is 11.6 Å². The van der Waals surface area contributed by atoms with Gasteiger partial charge in [0, 0.05) is 12.5 Å². The summed E-state index contributed by atoms with van der Waals surface area (Å²) in [5.41, 5.74) is 2.33. The standard InChI is InChI=1S/C27H43NO2/c1-16-7-12-27(28-15-16)17(2)24-23(30-27)14-22-20-6-5-18-13-19(29)8-10-25(18,3)21(20)9-11-26(22,24)4/h5,16-17,19-24,28-29H,6-15H2,1-4H3/t16?,17-,19?,20+,21-,22-,23-,24+,25-,26-,27+/m0/s1. The van der Waals surface area contributed by atoms with Crippen molar-refractivity contribution in [1.82, 2.24) is 5.32 Å². The molecule has 4 aliphatic carbocycles. The molecule has 5 fully saturated rings. The highest BCUT2D eigenvalue weighted by atomic mass is 16.5. The van der Waals surface area contributed by atoms with E-state index in [0.29, 0.717) is 22.9 Å². The molecular weight excluding hydrogens is 370 g/mol. The van der Waals surface area contributed by atoms with Gasteiger partial charge in [-0.05, 0) is 98.2 Å². The van der Waals surface area contributed by atoms with E-state index >= 15 is 0 Å². The van der Waals surface area contributed by atoms with Crippen molar-refractivity contribution in [3.63, 3.8) is 0 Å². The third-order valence-electron chi connectivity index (χ3n) is 11.6. The molecule has 1 spiro atoms. The fourth-order valence-corrected chi connectivity index (χ4v) is 9.84. The number of ether oxygens (including phenoxy) is 1. The van der Waals surface area contributed by atoms with E-state index in [4.69, 9.17) is 4.74 Å². The Balaban J connectivity index is 1.28. The third-order valence-corrected chi connectivity index (χ3v) is 11.6. The van der Waals surface area contributed by atoms with Crippen LogP contribution in [-0.2, 0) is 4.74 Å². The van der Waals surface area contributed by atoms with Crippen molar-refractivity contribution in [1.29, 1.82) is 0 Å². The summed E-state index contributed by atoms with van der Waals surface area (Å²) in [7, 11) is 0. The molecule has 2 unspecified atom stereocenters. The van der Waals surface area contributed by atoms with Crippen LogP contribution in [0.25, 0.3) is 0 Å². The van der Waals surface area contributed by atoms with Gasteiger partial charge < -0.3 is 9.84 Å². The molecule has 11 atom stereocenters. The quantitative estimate of drug-likeness (QED) is 0.530. The van der Waals surface area contributed by atoms with E-state index in [-0.39, 0.29) is 11.8 Å². The Bertz CT molecular complexity index is 739. The summed E-state index contributed by atoms with van der Waals surface area (Å²) in [5.74, 6) is 4.58. The summed E-state index contributed by atoms with van der Waals surface area (Å²) in [6, 6.07) is 0. The smallest absolute Gasteiger partial charge is 0.122 e. The van der Waals surface area contributed by atoms with E-state index in [9.17, 15) is 5.11 Å². The minimum atomic E-state index is -0.100. The maximum absolute atomic E-state index is 10.3. The Morgan fingerprint density at radius 1 is 1.07 bits per heavy atom. The number of fused-ring (bicyclic) bond motifs is 7. The molecule has 6 rings (SSSR count). The maximum Gasteiger partial charge on any atom is 0.122 e. The normalized spacial score (nSPS) is 59.8. The maximum atomic E-state index is 10.3. The molecular formula is C27H43NO2. The molecule has 30 heavy (non-hydrogen) atoms. The van der Waals surface area contributed by atoms with E-state index < -0.39 is 0 Å². The van der Waals surface area contributed by atoms with Crippen LogP contribution in [-0.4, -0.2) is 29.6 Å². The molecule has 168 valence electrons. The molecule has 3 heteroatoms. The van der Waals surface area contributed by atoms with Crippen LogP contribution in [0.2, 0.25) is 0 Å². The van der Waals surface area contributed by atoms with Gasteiger partial charge in [0.15, 0.2) is 0 Å². The van der Waals surface area contributed by atoms with E-state index in [1.807, 2.05) is 0 Å². The Morgan fingerprint density at radius 2 is 1.90 bits per heavy atom. The first-order valence-electron chi connectivity index (χ1n) is 13.1. The van der Waals surface area contributed by atoms with Crippen molar-refractivity contribution in [2.24, 2.45) is 46.3 Å². The molecule has 2 N–H and O–H groups in total. The fourth-order valence-electron chi connectivity index (χ4n) is 9.84. The van der Waals surface area contributed by atoms with Crippen LogP contribution in [0.15, 0.2) is 11.6 Å². The van der Waals surface area contributed by atoms with Gasteiger partial charge in [0.05, 0.1) is 12.2 Å². The summed E-state index contributed by atoms with van der Waals surface area (Å²) >= 11 is 0. The number of nitrogens with one attached hydrogen (secondary N) is 1. The number of rotatable bonds is 0. The molecule has 0 amide bonds. The van der Waals surface area contributed by atoms with Gasteiger partial charge in [-0.25, -0.2) is 0 Å². The Labute approximate surface area is 183 Å². The lowest BCUT2D eigenvalue weighted by Gasteiger charge is -2.58. The van der Waals surface area contributed by atoms with Crippen molar-refractivity contribution in [2.45, 2.75) is 103 Å². The van der Waals surface area contributed by atoms with Gasteiger partial charge >= 0.3 is 0 Å². The van der Waals surface area contributed by atoms with E-state index in [2.05, 4.69) is 39.1 Å². The summed E-state index contributed by atoms with van der Waals surface area (Å²) < 4.78 is 7.00. The second-order valence-corrected chi connectivity index (χ2v) is 12.8. The number of hydrogen-bond donors (Lipinski definition) is 2. The van der Waals surface area contributed by atoms with E-state index in [0.717, 1.165) is 49.0 Å². The molecule has 6 aliphatic rings. The van der Waals surface area contributed by atoms with Crippen LogP contribution in [0.1, 0.15) is 85.5 Å². The molecule has 3 saturated carbocycles. The average Bonchev–Trinajstić information content (AvgIpc) is 3.16. The molecule has 3 nitrogen and oxygen atoms in total. The number of aliphatic hydroxyl groups is 1. The Hall–Kier alpha value is -0.380. The fraction of sp³-hybridized carbons (Fsp3) is 0.926. The zero-order valence-electron chi connectivity index (χ0n) is 19.6. The minimum Gasteiger partial charge on any atom is -0.393 e. The highest BCUT2D eigenvalue weighted by Gasteiger charge is 2.68. The molecule has 0 aromatic heterocycles. The zero-order chi connectivity index (χ0) is 20.9. The van der Waals surface area contributed by atoms with Gasteiger partial charge in [-0.1, -0.05) is 39.3 Å². The lowest BCUT2D eigenvalue weighted by molar-refractivity contribution is -0.115. The van der Waals surface area contributed by atoms with Crippen LogP contribution in [0.5, 0.6) is 0 Å². The molecule has 0 aromatic carbocycles. The predicted molar refractivity (Wildman–Crippen MR) is 120 cm³/mol. The molecule has 2 heterocycles. The van der Waals surface area contributed by atoms with Gasteiger partial charge in [-0.2, -0.15) is 0 Å². The molecule has 0 radical (unpaired) electrons. The van der Waals surface area contributed by atoms with E-state index in [1.165, 1.54) is 44.9 Å². The third kappa shape index (κ3) is 2.55. The van der Waals surface area contributed by atoms with Crippen molar-refractivity contribution in [3.8, 4) is 0 Å². The summed E-state index contributed by atoms with van der Waals surface area (Å²) in [4.78, 5) is 0. The van der Waals surface area contributed by atoms with Crippen molar-refractivity contribution < 1.29 is 9.84 Å². The van der Waals surface area contributed by atoms with Gasteiger partial charge in [-0.15, -0.1) is 0 Å². The Morgan fingerprint density at radius 3 is 2.67 bits per heavy atom. The lowest BCUT2D eigenvalue weighted by Crippen LogP contribution is -2.57. The van der Waals surface area contributed by atoms with Crippen LogP contribution in [0, 0.1) is 46.3 Å². The lowest BCUT2D eigenvalue weighted by atomic mass is 9.47. The average molecular weight is 414 g/mol. The largest absolute Gasteiger partial charge is 0.393 e. The SMILES string of the molecule is CC1CC[C@@]2(NC1)O[C@H]1C[C@H]3[C@@H]4CC=C5CC(O)CC[C@]5(C)[C@H]4CC[C@]3(C)[C@@H]1[C@@H]2C. The van der Waals surface area contributed by atoms with Gasteiger partial charge in [0.1, 0.15) is 5.72 Å². The number of allylic oxidation sites excluding steroid dienone is 1. The monoisotopic (exact) mass is 413 g/mol. The van der Waals surface area contributed by atoms with Crippen LogP contribution < -0.4 is 5.32 Å². The van der Waals surface area contributed by atoms with Crippen LogP contribution in [0.3, 0.4) is 0 Å². The Kier molecular flexibility index (Phi) is 4.44. The van der Waals surface area contributed by atoms with Gasteiger partial charge in [0.2, 0.25) is 0 Å². The van der Waals surface area contributed by atoms with Crippen LogP contribution in [0.4, 0.5) is 0 Å². The van der Waals surface area contributed by atoms with Crippen molar-refractivity contribution in [2.75, 3.05) is 6.54 Å². The first-order chi connectivity index (χ1) is 14.3. The van der Waals surface area contributed by atoms with E-state index in [1.54, 1.807) is 5.57 Å². The first kappa shape index (κ1) is 20.2. The molecule has 2 aliphatic heterocycles. The minimum absolute atomic E-state index is 0.0439. The topological polar surface area (TPSA) is 41.5 Å². The second kappa shape index (κ2) is 6.58. The first-order valence-corrected chi connectivity index (χ1v) is 13.1. The predicted octanol–water partition coefficient (Wildman–Crippen LogP) is 5.29.